The fourth-order valence-corrected chi connectivity index (χ4v) is 5.64. The third-order valence-corrected chi connectivity index (χ3v) is 7.30. The molecule has 40 heavy (non-hydrogen) atoms. The van der Waals surface area contributed by atoms with Crippen molar-refractivity contribution in [3.05, 3.63) is 133 Å². The van der Waals surface area contributed by atoms with Gasteiger partial charge in [-0.2, -0.15) is 0 Å². The molecule has 0 N–H and O–H groups in total. The van der Waals surface area contributed by atoms with Gasteiger partial charge in [-0.05, 0) is 61.6 Å². The van der Waals surface area contributed by atoms with E-state index in [-0.39, 0.29) is 43.8 Å². The molecule has 0 saturated carbocycles. The molecule has 0 aliphatic heterocycles. The molecule has 0 radical (unpaired) electrons. The Kier molecular flexibility index (Phi) is 2.39. The molecule has 9 aromatic rings. The van der Waals surface area contributed by atoms with Crippen LogP contribution in [0.25, 0.3) is 87.5 Å². The Labute approximate surface area is 250 Å². The van der Waals surface area contributed by atoms with Crippen molar-refractivity contribution in [2.75, 3.05) is 0 Å². The lowest BCUT2D eigenvalue weighted by atomic mass is 9.84. The van der Waals surface area contributed by atoms with Gasteiger partial charge in [-0.25, -0.2) is 0 Å². The van der Waals surface area contributed by atoms with E-state index in [9.17, 15) is 6.85 Å². The molecule has 2 heterocycles. The average molecular weight is 526 g/mol. The van der Waals surface area contributed by atoms with Gasteiger partial charge in [-0.3, -0.25) is 0 Å². The largest absolute Gasteiger partial charge is 0.464 e. The molecular weight excluding hydrogens is 488 g/mol. The summed E-state index contributed by atoms with van der Waals surface area (Å²) in [6, 6.07) is -0.0584. The van der Waals surface area contributed by atoms with Gasteiger partial charge in [0.1, 0.15) is 16.7 Å². The molecule has 2 heteroatoms. The standard InChI is InChI=1S/C38H22O2/c1-2-11-24-23(9-1)10-7-16-25(24)35-26-12-3-5-14-28(26)36(29-15-6-4-13-27(29)35)33-18-8-17-30-31-19-20-34-32(21-22-39-34)37(31)40-38(30)33/h1-22H/i1D,2D,3D,4D,5D,6D,7D,9D,10D,11D,12D,13D,14D,15D,16D. The van der Waals surface area contributed by atoms with Crippen molar-refractivity contribution >= 4 is 65.2 Å². The third kappa shape index (κ3) is 2.88. The number of para-hydroxylation sites is 1. The van der Waals surface area contributed by atoms with Crippen molar-refractivity contribution in [2.24, 2.45) is 0 Å². The zero-order valence-electron chi connectivity index (χ0n) is 35.4. The number of benzene rings is 7. The van der Waals surface area contributed by atoms with Crippen molar-refractivity contribution in [3.8, 4) is 22.3 Å². The highest BCUT2D eigenvalue weighted by Crippen LogP contribution is 2.47. The smallest absolute Gasteiger partial charge is 0.146 e. The van der Waals surface area contributed by atoms with Gasteiger partial charge in [0.2, 0.25) is 0 Å². The summed E-state index contributed by atoms with van der Waals surface area (Å²) in [7, 11) is 0. The number of rotatable bonds is 2. The SMILES string of the molecule is [2H]c1c([2H])c([2H])c2c(-c3c4c([2H])c([2H])c([2H])c([2H])c4c(-c4cccc5c4oc4c6ccoc6ccc54)c4c([2H])c([2H])c([2H])c([2H])c34)c([2H])c([2H])c([2H])c2c1[2H]. The second-order valence-electron chi connectivity index (χ2n) is 9.31. The van der Waals surface area contributed by atoms with E-state index in [0.29, 0.717) is 27.3 Å². The molecule has 0 amide bonds. The van der Waals surface area contributed by atoms with Crippen LogP contribution in [0.1, 0.15) is 20.6 Å². The van der Waals surface area contributed by atoms with E-state index in [2.05, 4.69) is 0 Å². The molecule has 0 bridgehead atoms. The van der Waals surface area contributed by atoms with Crippen molar-refractivity contribution in [1.82, 2.24) is 0 Å². The first-order valence-electron chi connectivity index (χ1n) is 19.9. The molecular formula is C38H22O2. The van der Waals surface area contributed by atoms with Crippen LogP contribution in [-0.4, -0.2) is 0 Å². The summed E-state index contributed by atoms with van der Waals surface area (Å²) in [4.78, 5) is 0. The first-order valence-corrected chi connectivity index (χ1v) is 12.4. The highest BCUT2D eigenvalue weighted by Gasteiger charge is 2.21. The number of hydrogen-bond acceptors (Lipinski definition) is 2. The maximum atomic E-state index is 9.34. The summed E-state index contributed by atoms with van der Waals surface area (Å²) in [6.45, 7) is 0. The van der Waals surface area contributed by atoms with Crippen molar-refractivity contribution < 1.29 is 29.4 Å². The Morgan fingerprint density at radius 1 is 0.450 bits per heavy atom. The average Bonchev–Trinajstić information content (AvgIpc) is 3.82. The molecule has 7 aromatic carbocycles. The van der Waals surface area contributed by atoms with Crippen molar-refractivity contribution in [2.45, 2.75) is 0 Å². The molecule has 0 saturated heterocycles. The van der Waals surface area contributed by atoms with Crippen molar-refractivity contribution in [3.63, 3.8) is 0 Å². The van der Waals surface area contributed by atoms with E-state index >= 15 is 0 Å². The van der Waals surface area contributed by atoms with E-state index in [1.54, 1.807) is 36.4 Å². The van der Waals surface area contributed by atoms with Gasteiger partial charge in [0.05, 0.1) is 32.2 Å². The molecule has 2 nitrogen and oxygen atoms in total. The topological polar surface area (TPSA) is 26.3 Å². The van der Waals surface area contributed by atoms with Crippen LogP contribution in [0.2, 0.25) is 0 Å². The predicted molar refractivity (Wildman–Crippen MR) is 167 cm³/mol. The molecule has 9 rings (SSSR count). The lowest BCUT2D eigenvalue weighted by Crippen LogP contribution is -1.91. The fraction of sp³-hybridized carbons (Fsp3) is 0. The van der Waals surface area contributed by atoms with Crippen LogP contribution < -0.4 is 0 Å². The van der Waals surface area contributed by atoms with Gasteiger partial charge in [0, 0.05) is 21.9 Å². The van der Waals surface area contributed by atoms with Gasteiger partial charge in [0.25, 0.3) is 0 Å². The van der Waals surface area contributed by atoms with E-state index in [4.69, 9.17) is 22.5 Å². The van der Waals surface area contributed by atoms with E-state index in [1.807, 2.05) is 0 Å². The Hall–Kier alpha value is -5.34. The minimum Gasteiger partial charge on any atom is -0.464 e. The maximum Gasteiger partial charge on any atom is 0.146 e. The third-order valence-electron chi connectivity index (χ3n) is 7.30. The number of fused-ring (bicyclic) bond motifs is 8. The summed E-state index contributed by atoms with van der Waals surface area (Å²) in [5.74, 6) is 0. The Morgan fingerprint density at radius 3 is 1.82 bits per heavy atom. The van der Waals surface area contributed by atoms with Gasteiger partial charge in [-0.1, -0.05) is 109 Å². The Morgan fingerprint density at radius 2 is 1.07 bits per heavy atom. The molecule has 0 aliphatic carbocycles. The predicted octanol–water partition coefficient (Wildman–Crippen LogP) is 11.1. The number of hydrogen-bond donors (Lipinski definition) is 0. The molecule has 0 aliphatic rings. The van der Waals surface area contributed by atoms with Crippen LogP contribution in [0.3, 0.4) is 0 Å². The highest BCUT2D eigenvalue weighted by molar-refractivity contribution is 6.26. The molecule has 186 valence electrons. The molecule has 0 fully saturated rings. The van der Waals surface area contributed by atoms with Gasteiger partial charge in [0.15, 0.2) is 0 Å². The quantitative estimate of drug-likeness (QED) is 0.210. The molecule has 2 aromatic heterocycles. The normalized spacial score (nSPS) is 17.2. The first kappa shape index (κ1) is 11.8. The zero-order valence-corrected chi connectivity index (χ0v) is 20.4. The summed E-state index contributed by atoms with van der Waals surface area (Å²) in [5.41, 5.74) is 0.557. The summed E-state index contributed by atoms with van der Waals surface area (Å²) in [6.07, 6.45) is 1.50. The fourth-order valence-electron chi connectivity index (χ4n) is 5.64. The molecule has 0 spiro atoms. The van der Waals surface area contributed by atoms with Crippen LogP contribution in [0.15, 0.2) is 142 Å². The lowest BCUT2D eigenvalue weighted by molar-refractivity contribution is 0.615. The molecule has 0 unspecified atom stereocenters. The van der Waals surface area contributed by atoms with Gasteiger partial charge in [-0.15, -0.1) is 0 Å². The second kappa shape index (κ2) is 8.08. The van der Waals surface area contributed by atoms with Crippen LogP contribution in [0.4, 0.5) is 0 Å². The summed E-state index contributed by atoms with van der Waals surface area (Å²) < 4.78 is 146. The Balaban J connectivity index is 1.64. The van der Waals surface area contributed by atoms with E-state index < -0.39 is 107 Å². The van der Waals surface area contributed by atoms with Gasteiger partial charge < -0.3 is 8.83 Å². The van der Waals surface area contributed by atoms with Crippen LogP contribution in [-0.2, 0) is 0 Å². The highest BCUT2D eigenvalue weighted by atomic mass is 16.3. The Bertz CT molecular complexity index is 3180. The second-order valence-corrected chi connectivity index (χ2v) is 9.31. The first-order chi connectivity index (χ1) is 26.1. The van der Waals surface area contributed by atoms with Crippen LogP contribution in [0.5, 0.6) is 0 Å². The van der Waals surface area contributed by atoms with E-state index in [1.165, 1.54) is 6.26 Å². The van der Waals surface area contributed by atoms with Crippen LogP contribution >= 0.6 is 0 Å². The van der Waals surface area contributed by atoms with Crippen LogP contribution in [0, 0.1) is 0 Å². The zero-order chi connectivity index (χ0) is 39.3. The van der Waals surface area contributed by atoms with E-state index in [0.717, 1.165) is 0 Å². The minimum absolute atomic E-state index is 0.0400. The lowest BCUT2D eigenvalue weighted by Gasteiger charge is -2.18. The number of furan rings is 2. The summed E-state index contributed by atoms with van der Waals surface area (Å²) in [5, 5.41) is -0.0592. The maximum absolute atomic E-state index is 9.34. The monoisotopic (exact) mass is 525 g/mol. The minimum atomic E-state index is -0.766. The summed E-state index contributed by atoms with van der Waals surface area (Å²) >= 11 is 0. The molecule has 0 atom stereocenters. The van der Waals surface area contributed by atoms with Gasteiger partial charge >= 0.3 is 0 Å². The van der Waals surface area contributed by atoms with Crippen molar-refractivity contribution in [1.29, 1.82) is 0 Å².